The maximum absolute atomic E-state index is 5.31. The van der Waals surface area contributed by atoms with E-state index in [2.05, 4.69) is 27.0 Å². The Morgan fingerprint density at radius 1 is 1.38 bits per heavy atom. The molecule has 7 nitrogen and oxygen atoms in total. The lowest BCUT2D eigenvalue weighted by molar-refractivity contribution is 0.277. The van der Waals surface area contributed by atoms with Crippen LogP contribution in [0.5, 0.6) is 12.0 Å². The number of rotatable bonds is 7. The molecule has 0 bridgehead atoms. The summed E-state index contributed by atoms with van der Waals surface area (Å²) in [6, 6.07) is 0.338. The van der Waals surface area contributed by atoms with Crippen molar-refractivity contribution >= 4 is 5.95 Å². The molecular weight excluding hydrogens is 210 g/mol. The van der Waals surface area contributed by atoms with E-state index in [1.807, 2.05) is 6.08 Å². The molecule has 0 radical (unpaired) electrons. The van der Waals surface area contributed by atoms with Gasteiger partial charge in [-0.3, -0.25) is 5.43 Å². The fourth-order valence-electron chi connectivity index (χ4n) is 0.950. The zero-order valence-electron chi connectivity index (χ0n) is 9.14. The standard InChI is InChI=1S/C9H15N5O2/c1-3-4-5-6-16-9-12-7(14-10)11-8(13-9)15-2/h3H,1,4-6,10H2,2H3,(H,11,12,13,14). The molecule has 1 rings (SSSR count). The Bertz CT molecular complexity index is 322. The minimum Gasteiger partial charge on any atom is -0.467 e. The molecule has 88 valence electrons. The zero-order chi connectivity index (χ0) is 11.8. The topological polar surface area (TPSA) is 95.2 Å². The van der Waals surface area contributed by atoms with Gasteiger partial charge in [0.05, 0.1) is 13.7 Å². The highest BCUT2D eigenvalue weighted by Crippen LogP contribution is 2.11. The van der Waals surface area contributed by atoms with Gasteiger partial charge in [-0.2, -0.15) is 9.97 Å². The van der Waals surface area contributed by atoms with Crippen molar-refractivity contribution in [2.45, 2.75) is 12.8 Å². The Balaban J connectivity index is 2.60. The normalized spacial score (nSPS) is 9.62. The number of hydrogen-bond donors (Lipinski definition) is 2. The summed E-state index contributed by atoms with van der Waals surface area (Å²) in [6.45, 7) is 4.12. The molecule has 0 unspecified atom stereocenters. The van der Waals surface area contributed by atoms with Crippen molar-refractivity contribution in [1.82, 2.24) is 15.0 Å². The molecule has 0 amide bonds. The van der Waals surface area contributed by atoms with Crippen LogP contribution in [-0.4, -0.2) is 28.7 Å². The molecule has 16 heavy (non-hydrogen) atoms. The van der Waals surface area contributed by atoms with Gasteiger partial charge in [-0.1, -0.05) is 6.08 Å². The van der Waals surface area contributed by atoms with E-state index in [0.717, 1.165) is 12.8 Å². The van der Waals surface area contributed by atoms with Crippen molar-refractivity contribution in [3.63, 3.8) is 0 Å². The van der Waals surface area contributed by atoms with Crippen LogP contribution in [0.4, 0.5) is 5.95 Å². The molecule has 0 fully saturated rings. The quantitative estimate of drug-likeness (QED) is 0.302. The first-order valence-electron chi connectivity index (χ1n) is 4.80. The van der Waals surface area contributed by atoms with E-state index in [0.29, 0.717) is 6.61 Å². The Morgan fingerprint density at radius 2 is 2.12 bits per heavy atom. The second-order valence-corrected chi connectivity index (χ2v) is 2.85. The van der Waals surface area contributed by atoms with Gasteiger partial charge in [0.15, 0.2) is 0 Å². The fourth-order valence-corrected chi connectivity index (χ4v) is 0.950. The number of nitrogens with one attached hydrogen (secondary N) is 1. The lowest BCUT2D eigenvalue weighted by Crippen LogP contribution is -2.13. The Morgan fingerprint density at radius 3 is 2.75 bits per heavy atom. The summed E-state index contributed by atoms with van der Waals surface area (Å²) < 4.78 is 10.2. The molecule has 0 saturated carbocycles. The van der Waals surface area contributed by atoms with Crippen LogP contribution in [-0.2, 0) is 0 Å². The van der Waals surface area contributed by atoms with Gasteiger partial charge in [-0.05, 0) is 12.8 Å². The number of unbranched alkanes of at least 4 members (excludes halogenated alkanes) is 1. The number of allylic oxidation sites excluding steroid dienone is 1. The summed E-state index contributed by atoms with van der Waals surface area (Å²) in [4.78, 5) is 11.7. The van der Waals surface area contributed by atoms with Crippen molar-refractivity contribution in [3.05, 3.63) is 12.7 Å². The van der Waals surface area contributed by atoms with Crippen molar-refractivity contribution in [3.8, 4) is 12.0 Å². The minimum absolute atomic E-state index is 0.154. The number of aromatic nitrogens is 3. The van der Waals surface area contributed by atoms with E-state index in [1.165, 1.54) is 7.11 Å². The van der Waals surface area contributed by atoms with Gasteiger partial charge >= 0.3 is 12.0 Å². The number of hydrazine groups is 1. The Kier molecular flexibility index (Phi) is 5.00. The van der Waals surface area contributed by atoms with Crippen molar-refractivity contribution in [2.75, 3.05) is 19.1 Å². The number of anilines is 1. The largest absolute Gasteiger partial charge is 0.467 e. The summed E-state index contributed by atoms with van der Waals surface area (Å²) in [7, 11) is 1.46. The number of nitrogens with two attached hydrogens (primary N) is 1. The number of methoxy groups -OCH3 is 1. The van der Waals surface area contributed by atoms with Crippen LogP contribution in [0.2, 0.25) is 0 Å². The summed E-state index contributed by atoms with van der Waals surface area (Å²) in [5, 5.41) is 0. The summed E-state index contributed by atoms with van der Waals surface area (Å²) in [6.07, 6.45) is 3.55. The smallest absolute Gasteiger partial charge is 0.324 e. The molecule has 0 aliphatic carbocycles. The molecule has 1 aromatic rings. The average Bonchev–Trinajstić information content (AvgIpc) is 2.34. The SMILES string of the molecule is C=CCCCOc1nc(NN)nc(OC)n1. The molecule has 0 atom stereocenters. The van der Waals surface area contributed by atoms with Crippen molar-refractivity contribution in [1.29, 1.82) is 0 Å². The van der Waals surface area contributed by atoms with Gasteiger partial charge in [0.25, 0.3) is 0 Å². The lowest BCUT2D eigenvalue weighted by atomic mass is 10.3. The molecular formula is C9H15N5O2. The van der Waals surface area contributed by atoms with Gasteiger partial charge in [-0.25, -0.2) is 5.84 Å². The summed E-state index contributed by atoms with van der Waals surface area (Å²) >= 11 is 0. The van der Waals surface area contributed by atoms with E-state index >= 15 is 0 Å². The van der Waals surface area contributed by atoms with Crippen LogP contribution in [0.1, 0.15) is 12.8 Å². The first-order chi connectivity index (χ1) is 7.80. The van der Waals surface area contributed by atoms with Crippen molar-refractivity contribution < 1.29 is 9.47 Å². The summed E-state index contributed by atoms with van der Waals surface area (Å²) in [5.41, 5.74) is 2.31. The van der Waals surface area contributed by atoms with Crippen LogP contribution in [0.15, 0.2) is 12.7 Å². The Labute approximate surface area is 93.7 Å². The van der Waals surface area contributed by atoms with E-state index in [4.69, 9.17) is 15.3 Å². The zero-order valence-corrected chi connectivity index (χ0v) is 9.14. The molecule has 0 aromatic carbocycles. The van der Waals surface area contributed by atoms with E-state index in [-0.39, 0.29) is 18.0 Å². The number of nitrogens with zero attached hydrogens (tertiary/aromatic N) is 3. The Hall–Kier alpha value is -1.89. The third-order valence-electron chi connectivity index (χ3n) is 1.69. The minimum atomic E-state index is 0.154. The first-order valence-corrected chi connectivity index (χ1v) is 4.80. The maximum atomic E-state index is 5.31. The predicted molar refractivity (Wildman–Crippen MR) is 59.1 cm³/mol. The molecule has 1 heterocycles. The third-order valence-corrected chi connectivity index (χ3v) is 1.69. The third kappa shape index (κ3) is 3.70. The van der Waals surface area contributed by atoms with Crippen LogP contribution >= 0.6 is 0 Å². The second-order valence-electron chi connectivity index (χ2n) is 2.85. The molecule has 0 saturated heterocycles. The van der Waals surface area contributed by atoms with E-state index < -0.39 is 0 Å². The first kappa shape index (κ1) is 12.2. The molecule has 1 aromatic heterocycles. The van der Waals surface area contributed by atoms with E-state index in [1.54, 1.807) is 0 Å². The van der Waals surface area contributed by atoms with Gasteiger partial charge in [-0.15, -0.1) is 11.6 Å². The van der Waals surface area contributed by atoms with E-state index in [9.17, 15) is 0 Å². The number of hydrogen-bond acceptors (Lipinski definition) is 7. The molecule has 0 aliphatic rings. The molecule has 0 aliphatic heterocycles. The van der Waals surface area contributed by atoms with Crippen LogP contribution < -0.4 is 20.7 Å². The van der Waals surface area contributed by atoms with Crippen LogP contribution in [0, 0.1) is 0 Å². The highest BCUT2D eigenvalue weighted by Gasteiger charge is 2.06. The fraction of sp³-hybridized carbons (Fsp3) is 0.444. The van der Waals surface area contributed by atoms with Gasteiger partial charge in [0.2, 0.25) is 5.95 Å². The highest BCUT2D eigenvalue weighted by molar-refractivity contribution is 5.25. The number of nitrogen functional groups attached to an aromatic ring is 1. The van der Waals surface area contributed by atoms with Crippen molar-refractivity contribution in [2.24, 2.45) is 5.84 Å². The second kappa shape index (κ2) is 6.57. The lowest BCUT2D eigenvalue weighted by Gasteiger charge is -2.06. The maximum Gasteiger partial charge on any atom is 0.324 e. The predicted octanol–water partition coefficient (Wildman–Crippen LogP) is 0.511. The molecule has 7 heteroatoms. The van der Waals surface area contributed by atoms with Crippen LogP contribution in [0.3, 0.4) is 0 Å². The van der Waals surface area contributed by atoms with Gasteiger partial charge in [0.1, 0.15) is 0 Å². The van der Waals surface area contributed by atoms with Crippen LogP contribution in [0.25, 0.3) is 0 Å². The highest BCUT2D eigenvalue weighted by atomic mass is 16.5. The van der Waals surface area contributed by atoms with Gasteiger partial charge in [0, 0.05) is 0 Å². The number of ether oxygens (including phenoxy) is 2. The van der Waals surface area contributed by atoms with Gasteiger partial charge < -0.3 is 9.47 Å². The molecule has 3 N–H and O–H groups in total. The summed E-state index contributed by atoms with van der Waals surface area (Å²) in [5.74, 6) is 5.39. The average molecular weight is 225 g/mol. The molecule has 0 spiro atoms. The monoisotopic (exact) mass is 225 g/mol.